The number of hydrogen-bond acceptors (Lipinski definition) is 4. The Labute approximate surface area is 80.6 Å². The largest absolute Gasteiger partial charge is 0.481 e. The van der Waals surface area contributed by atoms with Crippen molar-refractivity contribution in [1.29, 1.82) is 5.26 Å². The standard InChI is InChI=1S/C9H9NO4/c1-14-9(13)6(4-10)2-5-3-7(5)8(11)12/h2,5,7H,3H2,1H3,(H,11,12)/b6-2+/t5-,7-/m1/s1. The van der Waals surface area contributed by atoms with Gasteiger partial charge in [0.25, 0.3) is 0 Å². The molecule has 14 heavy (non-hydrogen) atoms. The Balaban J connectivity index is 2.65. The summed E-state index contributed by atoms with van der Waals surface area (Å²) in [7, 11) is 1.18. The van der Waals surface area contributed by atoms with Gasteiger partial charge >= 0.3 is 11.9 Å². The second-order valence-electron chi connectivity index (χ2n) is 3.03. The minimum Gasteiger partial charge on any atom is -0.481 e. The van der Waals surface area contributed by atoms with E-state index in [9.17, 15) is 9.59 Å². The molecule has 0 aromatic heterocycles. The van der Waals surface area contributed by atoms with Gasteiger partial charge in [0.15, 0.2) is 0 Å². The van der Waals surface area contributed by atoms with E-state index < -0.39 is 17.9 Å². The number of rotatable bonds is 3. The lowest BCUT2D eigenvalue weighted by molar-refractivity contribution is -0.139. The summed E-state index contributed by atoms with van der Waals surface area (Å²) in [5, 5.41) is 17.1. The van der Waals surface area contributed by atoms with Crippen molar-refractivity contribution in [3.63, 3.8) is 0 Å². The highest BCUT2D eigenvalue weighted by molar-refractivity contribution is 5.93. The summed E-state index contributed by atoms with van der Waals surface area (Å²) in [6.45, 7) is 0. The van der Waals surface area contributed by atoms with Crippen molar-refractivity contribution >= 4 is 11.9 Å². The summed E-state index contributed by atoms with van der Waals surface area (Å²) in [6, 6.07) is 1.68. The molecular weight excluding hydrogens is 186 g/mol. The van der Waals surface area contributed by atoms with Gasteiger partial charge in [-0.3, -0.25) is 4.79 Å². The van der Waals surface area contributed by atoms with E-state index in [0.717, 1.165) is 0 Å². The molecule has 1 rings (SSSR count). The van der Waals surface area contributed by atoms with Crippen LogP contribution in [0.3, 0.4) is 0 Å². The van der Waals surface area contributed by atoms with E-state index >= 15 is 0 Å². The van der Waals surface area contributed by atoms with Crippen molar-refractivity contribution in [2.24, 2.45) is 11.8 Å². The van der Waals surface area contributed by atoms with Gasteiger partial charge in [-0.1, -0.05) is 6.08 Å². The molecule has 74 valence electrons. The molecule has 0 unspecified atom stereocenters. The van der Waals surface area contributed by atoms with Crippen LogP contribution in [0.15, 0.2) is 11.6 Å². The monoisotopic (exact) mass is 195 g/mol. The van der Waals surface area contributed by atoms with Crippen molar-refractivity contribution < 1.29 is 19.4 Å². The maximum atomic E-state index is 10.9. The molecule has 2 atom stereocenters. The normalized spacial score (nSPS) is 25.0. The average molecular weight is 195 g/mol. The van der Waals surface area contributed by atoms with Gasteiger partial charge in [-0.05, 0) is 12.3 Å². The van der Waals surface area contributed by atoms with Crippen molar-refractivity contribution in [1.82, 2.24) is 0 Å². The van der Waals surface area contributed by atoms with Crippen LogP contribution in [0.5, 0.6) is 0 Å². The maximum Gasteiger partial charge on any atom is 0.348 e. The van der Waals surface area contributed by atoms with Crippen LogP contribution in [0, 0.1) is 23.2 Å². The first kappa shape index (κ1) is 10.3. The highest BCUT2D eigenvalue weighted by atomic mass is 16.5. The van der Waals surface area contributed by atoms with E-state index in [2.05, 4.69) is 4.74 Å². The van der Waals surface area contributed by atoms with Crippen LogP contribution in [0.4, 0.5) is 0 Å². The molecule has 0 spiro atoms. The van der Waals surface area contributed by atoms with E-state index in [4.69, 9.17) is 10.4 Å². The third kappa shape index (κ3) is 2.10. The van der Waals surface area contributed by atoms with Crippen LogP contribution >= 0.6 is 0 Å². The number of carbonyl (C=O) groups is 2. The quantitative estimate of drug-likeness (QED) is 0.398. The second-order valence-corrected chi connectivity index (χ2v) is 3.03. The van der Waals surface area contributed by atoms with Crippen LogP contribution < -0.4 is 0 Å². The highest BCUT2D eigenvalue weighted by Crippen LogP contribution is 2.40. The van der Waals surface area contributed by atoms with Crippen molar-refractivity contribution in [2.45, 2.75) is 6.42 Å². The van der Waals surface area contributed by atoms with Crippen molar-refractivity contribution in [3.05, 3.63) is 11.6 Å². The third-order valence-electron chi connectivity index (χ3n) is 2.06. The van der Waals surface area contributed by atoms with E-state index in [1.165, 1.54) is 13.2 Å². The molecule has 0 heterocycles. The zero-order valence-electron chi connectivity index (χ0n) is 7.56. The number of carboxylic acid groups (broad SMARTS) is 1. The molecule has 0 aliphatic heterocycles. The lowest BCUT2D eigenvalue weighted by Crippen LogP contribution is -2.04. The molecule has 0 aromatic carbocycles. The first-order chi connectivity index (χ1) is 6.60. The number of allylic oxidation sites excluding steroid dienone is 1. The van der Waals surface area contributed by atoms with Crippen LogP contribution in [0.2, 0.25) is 0 Å². The van der Waals surface area contributed by atoms with Gasteiger partial charge in [-0.2, -0.15) is 5.26 Å². The van der Waals surface area contributed by atoms with Crippen LogP contribution in [-0.4, -0.2) is 24.2 Å². The summed E-state index contributed by atoms with van der Waals surface area (Å²) >= 11 is 0. The number of ether oxygens (including phenoxy) is 1. The highest BCUT2D eigenvalue weighted by Gasteiger charge is 2.42. The van der Waals surface area contributed by atoms with Crippen LogP contribution in [-0.2, 0) is 14.3 Å². The van der Waals surface area contributed by atoms with Gasteiger partial charge in [-0.25, -0.2) is 4.79 Å². The number of hydrogen-bond donors (Lipinski definition) is 1. The Bertz CT molecular complexity index is 339. The predicted molar refractivity (Wildman–Crippen MR) is 44.9 cm³/mol. The number of methoxy groups -OCH3 is 1. The van der Waals surface area contributed by atoms with Gasteiger partial charge in [0.2, 0.25) is 0 Å². The summed E-state index contributed by atoms with van der Waals surface area (Å²) < 4.78 is 4.35. The van der Waals surface area contributed by atoms with Crippen molar-refractivity contribution in [2.75, 3.05) is 7.11 Å². The zero-order chi connectivity index (χ0) is 10.7. The molecule has 0 radical (unpaired) electrons. The van der Waals surface area contributed by atoms with Crippen LogP contribution in [0.25, 0.3) is 0 Å². The van der Waals surface area contributed by atoms with Gasteiger partial charge < -0.3 is 9.84 Å². The Morgan fingerprint density at radius 1 is 1.64 bits per heavy atom. The molecule has 1 aliphatic carbocycles. The Kier molecular flexibility index (Phi) is 2.87. The van der Waals surface area contributed by atoms with E-state index in [-0.39, 0.29) is 11.5 Å². The van der Waals surface area contributed by atoms with Gasteiger partial charge in [0.1, 0.15) is 11.6 Å². The first-order valence-corrected chi connectivity index (χ1v) is 4.03. The smallest absolute Gasteiger partial charge is 0.348 e. The van der Waals surface area contributed by atoms with E-state index in [0.29, 0.717) is 6.42 Å². The lowest BCUT2D eigenvalue weighted by Gasteiger charge is -1.94. The molecule has 5 heteroatoms. The fraction of sp³-hybridized carbons (Fsp3) is 0.444. The molecule has 0 aromatic rings. The molecule has 0 amide bonds. The van der Waals surface area contributed by atoms with E-state index in [1.807, 2.05) is 0 Å². The lowest BCUT2D eigenvalue weighted by atomic mass is 10.2. The molecule has 5 nitrogen and oxygen atoms in total. The fourth-order valence-corrected chi connectivity index (χ4v) is 1.16. The molecule has 0 bridgehead atoms. The summed E-state index contributed by atoms with van der Waals surface area (Å²) in [5.41, 5.74) is -0.124. The third-order valence-corrected chi connectivity index (χ3v) is 2.06. The minimum atomic E-state index is -0.895. The number of carboxylic acids is 1. The molecule has 1 saturated carbocycles. The second kappa shape index (κ2) is 3.92. The number of nitriles is 1. The number of aliphatic carboxylic acids is 1. The summed E-state index contributed by atoms with van der Waals surface area (Å²) in [4.78, 5) is 21.4. The summed E-state index contributed by atoms with van der Waals surface area (Å²) in [6.07, 6.45) is 1.85. The van der Waals surface area contributed by atoms with Gasteiger partial charge in [0, 0.05) is 0 Å². The maximum absolute atomic E-state index is 10.9. The molecule has 1 aliphatic rings. The predicted octanol–water partition coefficient (Wildman–Crippen LogP) is 0.330. The topological polar surface area (TPSA) is 87.4 Å². The number of esters is 1. The zero-order valence-corrected chi connectivity index (χ0v) is 7.56. The Hall–Kier alpha value is -1.83. The van der Waals surface area contributed by atoms with Crippen molar-refractivity contribution in [3.8, 4) is 6.07 Å². The molecule has 0 saturated heterocycles. The first-order valence-electron chi connectivity index (χ1n) is 4.03. The van der Waals surface area contributed by atoms with Gasteiger partial charge in [0.05, 0.1) is 13.0 Å². The Morgan fingerprint density at radius 3 is 2.64 bits per heavy atom. The Morgan fingerprint density at radius 2 is 2.29 bits per heavy atom. The van der Waals surface area contributed by atoms with Crippen LogP contribution in [0.1, 0.15) is 6.42 Å². The SMILES string of the molecule is COC(=O)/C(C#N)=C/[C@@H]1C[C@H]1C(=O)O. The molecular formula is C9H9NO4. The van der Waals surface area contributed by atoms with E-state index in [1.54, 1.807) is 6.07 Å². The number of carbonyl (C=O) groups excluding carboxylic acids is 1. The molecule has 1 fully saturated rings. The fourth-order valence-electron chi connectivity index (χ4n) is 1.16. The van der Waals surface area contributed by atoms with Gasteiger partial charge in [-0.15, -0.1) is 0 Å². The molecule has 1 N–H and O–H groups in total. The average Bonchev–Trinajstić information content (AvgIpc) is 2.92. The number of nitrogens with zero attached hydrogens (tertiary/aromatic N) is 1. The minimum absolute atomic E-state index is 0.124. The summed E-state index contributed by atoms with van der Waals surface area (Å²) in [5.74, 6) is -2.28.